The van der Waals surface area contributed by atoms with Crippen LogP contribution >= 0.6 is 11.6 Å². The number of nitriles is 1. The molecule has 11 heteroatoms. The molecular weight excluding hydrogens is 533 g/mol. The first-order chi connectivity index (χ1) is 18.5. The summed E-state index contributed by atoms with van der Waals surface area (Å²) < 4.78 is 39.4. The van der Waals surface area contributed by atoms with Crippen LogP contribution < -0.4 is 16.0 Å². The van der Waals surface area contributed by atoms with E-state index in [-0.39, 0.29) is 25.3 Å². The highest BCUT2D eigenvalue weighted by molar-refractivity contribution is 6.32. The Morgan fingerprint density at radius 3 is 2.46 bits per heavy atom. The van der Waals surface area contributed by atoms with Gasteiger partial charge in [0.05, 0.1) is 17.8 Å². The third-order valence-electron chi connectivity index (χ3n) is 7.33. The minimum absolute atomic E-state index is 0.0908. The largest absolute Gasteiger partial charge is 0.389 e. The fourth-order valence-corrected chi connectivity index (χ4v) is 5.35. The van der Waals surface area contributed by atoms with Crippen molar-refractivity contribution in [2.75, 3.05) is 11.4 Å². The highest BCUT2D eigenvalue weighted by atomic mass is 35.5. The first-order valence-corrected chi connectivity index (χ1v) is 13.1. The Bertz CT molecular complexity index is 1310. The first-order valence-electron chi connectivity index (χ1n) is 12.7. The fraction of sp³-hybridized carbons (Fsp3) is 0.429. The van der Waals surface area contributed by atoms with E-state index >= 15 is 0 Å². The third-order valence-corrected chi connectivity index (χ3v) is 7.69. The lowest BCUT2D eigenvalue weighted by Crippen LogP contribution is -2.51. The molecule has 1 fully saturated rings. The van der Waals surface area contributed by atoms with Crippen molar-refractivity contribution in [3.63, 3.8) is 0 Å². The summed E-state index contributed by atoms with van der Waals surface area (Å²) in [4.78, 5) is 40.9. The van der Waals surface area contributed by atoms with Gasteiger partial charge in [-0.1, -0.05) is 42.6 Å². The molecule has 4 rings (SSSR count). The molecule has 3 atom stereocenters. The van der Waals surface area contributed by atoms with Gasteiger partial charge in [-0.15, -0.1) is 0 Å². The number of fused-ring (bicyclic) bond motifs is 1. The van der Waals surface area contributed by atoms with E-state index in [1.165, 1.54) is 0 Å². The van der Waals surface area contributed by atoms with Crippen LogP contribution in [0.25, 0.3) is 0 Å². The normalized spacial score (nSPS) is 18.9. The first kappa shape index (κ1) is 28.4. The van der Waals surface area contributed by atoms with Crippen LogP contribution in [0.2, 0.25) is 5.02 Å². The van der Waals surface area contributed by atoms with Gasteiger partial charge in [0.2, 0.25) is 11.8 Å². The number of hydrogen-bond acceptors (Lipinski definition) is 5. The molecule has 0 bridgehead atoms. The van der Waals surface area contributed by atoms with Crippen LogP contribution in [-0.4, -0.2) is 36.4 Å². The van der Waals surface area contributed by atoms with E-state index in [0.29, 0.717) is 27.5 Å². The number of nitrogens with zero attached hydrogens (tertiary/aromatic N) is 2. The number of halogens is 4. The smallest absolute Gasteiger partial charge is 0.369 e. The van der Waals surface area contributed by atoms with Crippen LogP contribution in [0.15, 0.2) is 42.5 Å². The van der Waals surface area contributed by atoms with Crippen molar-refractivity contribution in [2.45, 2.75) is 50.7 Å². The average Bonchev–Trinajstić information content (AvgIpc) is 3.71. The van der Waals surface area contributed by atoms with Crippen molar-refractivity contribution in [1.29, 1.82) is 5.26 Å². The number of primary amides is 1. The molecule has 1 heterocycles. The number of carbonyl (C=O) groups excluding carboxylic acids is 3. The van der Waals surface area contributed by atoms with E-state index in [4.69, 9.17) is 17.3 Å². The number of carbonyl (C=O) groups is 3. The Balaban J connectivity index is 1.67. The zero-order valence-electron chi connectivity index (χ0n) is 21.0. The van der Waals surface area contributed by atoms with Crippen LogP contribution in [0.5, 0.6) is 0 Å². The predicted octanol–water partition coefficient (Wildman–Crippen LogP) is 4.82. The van der Waals surface area contributed by atoms with E-state index in [1.807, 2.05) is 0 Å². The van der Waals surface area contributed by atoms with Gasteiger partial charge in [0, 0.05) is 41.0 Å². The van der Waals surface area contributed by atoms with Gasteiger partial charge in [-0.3, -0.25) is 14.4 Å². The zero-order chi connectivity index (χ0) is 28.3. The van der Waals surface area contributed by atoms with E-state index in [1.54, 1.807) is 47.4 Å². The molecule has 2 aliphatic rings. The minimum Gasteiger partial charge on any atom is -0.369 e. The van der Waals surface area contributed by atoms with Gasteiger partial charge >= 0.3 is 6.18 Å². The SMILES string of the molecule is N#Cc1ccccc1N1C[C@H](NC(=O)[C@H](CCC(F)(F)F)[C@H](CC2CC2)C(N)=O)C(=O)Cc2c(Cl)cccc21. The fourth-order valence-electron chi connectivity index (χ4n) is 5.12. The molecule has 0 unspecified atom stereocenters. The molecule has 2 amide bonds. The lowest BCUT2D eigenvalue weighted by atomic mass is 9.83. The number of nitrogens with two attached hydrogens (primary N) is 1. The maximum absolute atomic E-state index is 13.5. The second kappa shape index (κ2) is 11.7. The van der Waals surface area contributed by atoms with Crippen molar-refractivity contribution in [2.24, 2.45) is 23.5 Å². The Hall–Kier alpha value is -3.58. The molecule has 3 N–H and O–H groups in total. The molecule has 7 nitrogen and oxygen atoms in total. The monoisotopic (exact) mass is 560 g/mol. The summed E-state index contributed by atoms with van der Waals surface area (Å²) in [6, 6.07) is 12.8. The van der Waals surface area contributed by atoms with Crippen LogP contribution in [0.3, 0.4) is 0 Å². The lowest BCUT2D eigenvalue weighted by Gasteiger charge is -2.30. The van der Waals surface area contributed by atoms with Gasteiger partial charge in [0.25, 0.3) is 0 Å². The van der Waals surface area contributed by atoms with Crippen molar-refractivity contribution < 1.29 is 27.6 Å². The molecule has 2 aromatic carbocycles. The minimum atomic E-state index is -4.53. The Labute approximate surface area is 229 Å². The Morgan fingerprint density at radius 2 is 1.82 bits per heavy atom. The van der Waals surface area contributed by atoms with Crippen molar-refractivity contribution in [3.8, 4) is 6.07 Å². The summed E-state index contributed by atoms with van der Waals surface area (Å²) >= 11 is 6.44. The van der Waals surface area contributed by atoms with Crippen LogP contribution in [0.1, 0.15) is 43.2 Å². The molecule has 2 aromatic rings. The van der Waals surface area contributed by atoms with Crippen LogP contribution in [-0.2, 0) is 20.8 Å². The number of para-hydroxylation sites is 1. The Morgan fingerprint density at radius 1 is 1.13 bits per heavy atom. The zero-order valence-corrected chi connectivity index (χ0v) is 21.8. The number of ketones is 1. The van der Waals surface area contributed by atoms with Crippen molar-refractivity contribution in [1.82, 2.24) is 5.32 Å². The standard InChI is InChI=1S/C28H28ClF3N4O3/c29-21-5-3-7-24-20(21)13-25(37)22(15-36(24)23-6-2-1-4-17(23)14-33)35-27(39)18(10-11-28(30,31)32)19(26(34)38)12-16-8-9-16/h1-7,16,18-19,22H,8-13,15H2,(H2,34,38)(H,35,39)/t18-,19+,22+/m1/s1. The highest BCUT2D eigenvalue weighted by Gasteiger charge is 2.41. The van der Waals surface area contributed by atoms with Crippen LogP contribution in [0.4, 0.5) is 24.5 Å². The lowest BCUT2D eigenvalue weighted by molar-refractivity contribution is -0.146. The van der Waals surface area contributed by atoms with Gasteiger partial charge in [0.15, 0.2) is 5.78 Å². The number of nitrogens with one attached hydrogen (secondary N) is 1. The summed E-state index contributed by atoms with van der Waals surface area (Å²) in [5, 5.41) is 12.7. The summed E-state index contributed by atoms with van der Waals surface area (Å²) in [7, 11) is 0. The second-order valence-electron chi connectivity index (χ2n) is 10.1. The molecule has 0 aromatic heterocycles. The summed E-state index contributed by atoms with van der Waals surface area (Å²) in [6.07, 6.45) is -4.68. The summed E-state index contributed by atoms with van der Waals surface area (Å²) in [5.41, 5.74) is 7.45. The number of amides is 2. The molecule has 39 heavy (non-hydrogen) atoms. The topological polar surface area (TPSA) is 116 Å². The average molecular weight is 561 g/mol. The molecule has 1 aliphatic heterocycles. The molecule has 0 spiro atoms. The molecule has 0 saturated heterocycles. The Kier molecular flexibility index (Phi) is 8.50. The highest BCUT2D eigenvalue weighted by Crippen LogP contribution is 2.40. The number of rotatable bonds is 9. The van der Waals surface area contributed by atoms with E-state index in [0.717, 1.165) is 12.8 Å². The molecule has 0 radical (unpaired) electrons. The third kappa shape index (κ3) is 6.90. The number of Topliss-reactive ketones (excluding diaryl/α,β-unsaturated/α-hetero) is 1. The maximum Gasteiger partial charge on any atom is 0.389 e. The van der Waals surface area contributed by atoms with Gasteiger partial charge in [-0.25, -0.2) is 0 Å². The molecular formula is C28H28ClF3N4O3. The van der Waals surface area contributed by atoms with E-state index in [2.05, 4.69) is 11.4 Å². The molecule has 1 aliphatic carbocycles. The quantitative estimate of drug-likeness (QED) is 0.456. The van der Waals surface area contributed by atoms with E-state index in [9.17, 15) is 32.8 Å². The summed E-state index contributed by atoms with van der Waals surface area (Å²) in [6.45, 7) is -0.0908. The van der Waals surface area contributed by atoms with Crippen molar-refractivity contribution in [3.05, 3.63) is 58.6 Å². The predicted molar refractivity (Wildman–Crippen MR) is 139 cm³/mol. The van der Waals surface area contributed by atoms with Gasteiger partial charge in [-0.05, 0) is 43.0 Å². The molecule has 1 saturated carbocycles. The van der Waals surface area contributed by atoms with Crippen molar-refractivity contribution >= 4 is 40.6 Å². The van der Waals surface area contributed by atoms with Crippen LogP contribution in [0, 0.1) is 29.1 Å². The van der Waals surface area contributed by atoms with Gasteiger partial charge in [0.1, 0.15) is 12.1 Å². The van der Waals surface area contributed by atoms with E-state index < -0.39 is 54.5 Å². The number of anilines is 2. The molecule has 206 valence electrons. The summed E-state index contributed by atoms with van der Waals surface area (Å²) in [5.74, 6) is -4.35. The number of benzene rings is 2. The van der Waals surface area contributed by atoms with Gasteiger partial charge < -0.3 is 16.0 Å². The van der Waals surface area contributed by atoms with Gasteiger partial charge in [-0.2, -0.15) is 18.4 Å². The maximum atomic E-state index is 13.5. The number of alkyl halides is 3. The second-order valence-corrected chi connectivity index (χ2v) is 10.5. The number of hydrogen-bond donors (Lipinski definition) is 2.